The molecule has 1 fully saturated rings. The van der Waals surface area contributed by atoms with Crippen LogP contribution in [0.1, 0.15) is 36.5 Å². The minimum Gasteiger partial charge on any atom is -0.490 e. The molecule has 2 aliphatic heterocycles. The molecule has 1 aromatic carbocycles. The molecule has 2 aliphatic rings. The van der Waals surface area contributed by atoms with Crippen LogP contribution in [-0.2, 0) is 0 Å². The molecule has 0 radical (unpaired) electrons. The van der Waals surface area contributed by atoms with Gasteiger partial charge in [0.1, 0.15) is 0 Å². The molecule has 1 amide bonds. The summed E-state index contributed by atoms with van der Waals surface area (Å²) in [4.78, 5) is 14.9. The van der Waals surface area contributed by atoms with Gasteiger partial charge in [-0.3, -0.25) is 9.69 Å². The fourth-order valence-electron chi connectivity index (χ4n) is 3.22. The molecule has 120 valence electrons. The molecule has 0 saturated carbocycles. The highest BCUT2D eigenvalue weighted by Crippen LogP contribution is 2.33. The third kappa shape index (κ3) is 3.19. The molecule has 2 heterocycles. The number of nitrogens with one attached hydrogen (secondary N) is 1. The van der Waals surface area contributed by atoms with Crippen LogP contribution in [0.4, 0.5) is 0 Å². The molecule has 22 heavy (non-hydrogen) atoms. The van der Waals surface area contributed by atoms with E-state index in [0.29, 0.717) is 42.9 Å². The molecule has 1 saturated heterocycles. The van der Waals surface area contributed by atoms with Gasteiger partial charge in [-0.05, 0) is 38.1 Å². The van der Waals surface area contributed by atoms with Crippen LogP contribution < -0.4 is 14.8 Å². The van der Waals surface area contributed by atoms with E-state index in [0.717, 1.165) is 25.9 Å². The largest absolute Gasteiger partial charge is 0.490 e. The molecule has 1 N–H and O–H groups in total. The first-order valence-corrected chi connectivity index (χ1v) is 8.20. The topological polar surface area (TPSA) is 50.8 Å². The summed E-state index contributed by atoms with van der Waals surface area (Å²) in [5.41, 5.74) is 0.570. The quantitative estimate of drug-likeness (QED) is 0.925. The number of fused-ring (bicyclic) bond motifs is 1. The zero-order valence-corrected chi connectivity index (χ0v) is 13.1. The minimum atomic E-state index is -0.0784. The molecule has 0 aliphatic carbocycles. The number of carbonyl (C=O) groups excluding carboxylic acids is 1. The summed E-state index contributed by atoms with van der Waals surface area (Å²) in [6.45, 7) is 6.25. The van der Waals surface area contributed by atoms with E-state index in [1.165, 1.54) is 6.42 Å². The number of likely N-dealkylation sites (N-methyl/N-ethyl adjacent to an activating group) is 1. The van der Waals surface area contributed by atoms with Crippen LogP contribution in [0.25, 0.3) is 0 Å². The fourth-order valence-corrected chi connectivity index (χ4v) is 3.22. The van der Waals surface area contributed by atoms with Gasteiger partial charge < -0.3 is 14.8 Å². The standard InChI is InChI=1S/C17H24N2O3/c1-2-19-9-4-6-13(19)12-18-17(20)14-7-3-8-15-16(14)22-11-5-10-21-15/h3,7-8,13H,2,4-6,9-12H2,1H3,(H,18,20). The van der Waals surface area contributed by atoms with Crippen LogP contribution in [0.2, 0.25) is 0 Å². The summed E-state index contributed by atoms with van der Waals surface area (Å²) in [6.07, 6.45) is 3.20. The number of para-hydroxylation sites is 1. The van der Waals surface area contributed by atoms with Crippen molar-refractivity contribution in [2.24, 2.45) is 0 Å². The Bertz CT molecular complexity index is 533. The smallest absolute Gasteiger partial charge is 0.255 e. The van der Waals surface area contributed by atoms with Crippen molar-refractivity contribution >= 4 is 5.91 Å². The number of hydrogen-bond acceptors (Lipinski definition) is 4. The van der Waals surface area contributed by atoms with Gasteiger partial charge >= 0.3 is 0 Å². The highest BCUT2D eigenvalue weighted by atomic mass is 16.5. The van der Waals surface area contributed by atoms with Crippen molar-refractivity contribution in [2.45, 2.75) is 32.2 Å². The first kappa shape index (κ1) is 15.2. The van der Waals surface area contributed by atoms with Crippen LogP contribution >= 0.6 is 0 Å². The van der Waals surface area contributed by atoms with E-state index in [2.05, 4.69) is 17.1 Å². The van der Waals surface area contributed by atoms with Gasteiger partial charge in [-0.25, -0.2) is 0 Å². The SMILES string of the molecule is CCN1CCCC1CNC(=O)c1cccc2c1OCCCO2. The van der Waals surface area contributed by atoms with E-state index in [1.807, 2.05) is 12.1 Å². The summed E-state index contributed by atoms with van der Waals surface area (Å²) in [5, 5.41) is 3.06. The van der Waals surface area contributed by atoms with E-state index in [4.69, 9.17) is 9.47 Å². The highest BCUT2D eigenvalue weighted by Gasteiger charge is 2.25. The Morgan fingerprint density at radius 1 is 1.32 bits per heavy atom. The Labute approximate surface area is 131 Å². The van der Waals surface area contributed by atoms with Gasteiger partial charge in [0.05, 0.1) is 18.8 Å². The number of amides is 1. The maximum atomic E-state index is 12.5. The Morgan fingerprint density at radius 3 is 3.05 bits per heavy atom. The first-order valence-electron chi connectivity index (χ1n) is 8.20. The third-order valence-electron chi connectivity index (χ3n) is 4.42. The van der Waals surface area contributed by atoms with E-state index in [9.17, 15) is 4.79 Å². The zero-order chi connectivity index (χ0) is 15.4. The lowest BCUT2D eigenvalue weighted by Crippen LogP contribution is -2.40. The molecular formula is C17H24N2O3. The summed E-state index contributed by atoms with van der Waals surface area (Å²) < 4.78 is 11.4. The van der Waals surface area contributed by atoms with Crippen molar-refractivity contribution < 1.29 is 14.3 Å². The van der Waals surface area contributed by atoms with Crippen LogP contribution in [0, 0.1) is 0 Å². The van der Waals surface area contributed by atoms with Gasteiger partial charge in [0.15, 0.2) is 11.5 Å². The van der Waals surface area contributed by atoms with Crippen molar-refractivity contribution in [3.05, 3.63) is 23.8 Å². The Kier molecular flexibility index (Phi) is 4.83. The van der Waals surface area contributed by atoms with Crippen LogP contribution in [0.15, 0.2) is 18.2 Å². The van der Waals surface area contributed by atoms with E-state index >= 15 is 0 Å². The normalized spacial score (nSPS) is 21.4. The Hall–Kier alpha value is -1.75. The summed E-state index contributed by atoms with van der Waals surface area (Å²) in [5.74, 6) is 1.17. The second-order valence-corrected chi connectivity index (χ2v) is 5.82. The monoisotopic (exact) mass is 304 g/mol. The summed E-state index contributed by atoms with van der Waals surface area (Å²) in [6, 6.07) is 5.95. The number of rotatable bonds is 4. The van der Waals surface area contributed by atoms with Crippen LogP contribution in [0.5, 0.6) is 11.5 Å². The van der Waals surface area contributed by atoms with Crippen molar-refractivity contribution in [3.63, 3.8) is 0 Å². The maximum absolute atomic E-state index is 12.5. The molecule has 0 bridgehead atoms. The lowest BCUT2D eigenvalue weighted by molar-refractivity contribution is 0.0937. The van der Waals surface area contributed by atoms with Crippen molar-refractivity contribution in [1.82, 2.24) is 10.2 Å². The summed E-state index contributed by atoms with van der Waals surface area (Å²) >= 11 is 0. The molecule has 5 nitrogen and oxygen atoms in total. The van der Waals surface area contributed by atoms with Gasteiger partial charge in [0.2, 0.25) is 0 Å². The third-order valence-corrected chi connectivity index (χ3v) is 4.42. The first-order chi connectivity index (χ1) is 10.8. The fraction of sp³-hybridized carbons (Fsp3) is 0.588. The molecule has 1 unspecified atom stereocenters. The number of carbonyl (C=O) groups is 1. The van der Waals surface area contributed by atoms with Gasteiger partial charge in [0, 0.05) is 19.0 Å². The number of likely N-dealkylation sites (tertiary alicyclic amines) is 1. The predicted octanol–water partition coefficient (Wildman–Crippen LogP) is 2.06. The molecule has 1 atom stereocenters. The molecule has 0 aromatic heterocycles. The number of nitrogens with zero attached hydrogens (tertiary/aromatic N) is 1. The molecule has 5 heteroatoms. The number of hydrogen-bond donors (Lipinski definition) is 1. The molecular weight excluding hydrogens is 280 g/mol. The molecule has 0 spiro atoms. The van der Waals surface area contributed by atoms with Gasteiger partial charge in [-0.1, -0.05) is 13.0 Å². The van der Waals surface area contributed by atoms with Crippen LogP contribution in [-0.4, -0.2) is 49.7 Å². The second-order valence-electron chi connectivity index (χ2n) is 5.82. The van der Waals surface area contributed by atoms with Crippen molar-refractivity contribution in [2.75, 3.05) is 32.8 Å². The lowest BCUT2D eigenvalue weighted by Gasteiger charge is -2.23. The summed E-state index contributed by atoms with van der Waals surface area (Å²) in [7, 11) is 0. The van der Waals surface area contributed by atoms with Gasteiger partial charge in [-0.2, -0.15) is 0 Å². The number of ether oxygens (including phenoxy) is 2. The zero-order valence-electron chi connectivity index (χ0n) is 13.1. The number of benzene rings is 1. The Balaban J connectivity index is 1.67. The van der Waals surface area contributed by atoms with Crippen molar-refractivity contribution in [1.29, 1.82) is 0 Å². The average molecular weight is 304 g/mol. The second kappa shape index (κ2) is 7.01. The van der Waals surface area contributed by atoms with Crippen molar-refractivity contribution in [3.8, 4) is 11.5 Å². The lowest BCUT2D eigenvalue weighted by atomic mass is 10.1. The van der Waals surface area contributed by atoms with Crippen LogP contribution in [0.3, 0.4) is 0 Å². The van der Waals surface area contributed by atoms with E-state index < -0.39 is 0 Å². The Morgan fingerprint density at radius 2 is 2.18 bits per heavy atom. The van der Waals surface area contributed by atoms with Gasteiger partial charge in [0.25, 0.3) is 5.91 Å². The maximum Gasteiger partial charge on any atom is 0.255 e. The predicted molar refractivity (Wildman–Crippen MR) is 84.7 cm³/mol. The highest BCUT2D eigenvalue weighted by molar-refractivity contribution is 5.97. The molecule has 3 rings (SSSR count). The molecule has 1 aromatic rings. The average Bonchev–Trinajstić information content (AvgIpc) is 2.86. The van der Waals surface area contributed by atoms with Gasteiger partial charge in [-0.15, -0.1) is 0 Å². The van der Waals surface area contributed by atoms with E-state index in [-0.39, 0.29) is 5.91 Å². The van der Waals surface area contributed by atoms with E-state index in [1.54, 1.807) is 6.07 Å². The minimum absolute atomic E-state index is 0.0784.